The topological polar surface area (TPSA) is 88.1 Å². The molecule has 0 unspecified atom stereocenters. The maximum atomic E-state index is 13.7. The van der Waals surface area contributed by atoms with E-state index in [4.69, 9.17) is 46.8 Å². The van der Waals surface area contributed by atoms with Crippen molar-refractivity contribution in [3.63, 3.8) is 0 Å². The average molecular weight is 679 g/mol. The molecule has 0 bridgehead atoms. The summed E-state index contributed by atoms with van der Waals surface area (Å²) in [6.07, 6.45) is 1.52. The molecule has 0 amide bonds. The highest BCUT2D eigenvalue weighted by molar-refractivity contribution is 9.10. The summed E-state index contributed by atoms with van der Waals surface area (Å²) in [6, 6.07) is 23.3. The number of para-hydroxylation sites is 1. The van der Waals surface area contributed by atoms with Crippen molar-refractivity contribution in [2.45, 2.75) is 6.61 Å². The zero-order valence-electron chi connectivity index (χ0n) is 22.8. The number of methoxy groups -OCH3 is 2. The number of hydrogen-bond donors (Lipinski definition) is 0. The lowest BCUT2D eigenvalue weighted by Gasteiger charge is -2.15. The highest BCUT2D eigenvalue weighted by atomic mass is 79.9. The van der Waals surface area contributed by atoms with Crippen LogP contribution in [-0.2, 0) is 6.61 Å². The van der Waals surface area contributed by atoms with Gasteiger partial charge in [-0.3, -0.25) is 4.79 Å². The molecule has 8 nitrogen and oxygen atoms in total. The minimum absolute atomic E-state index is 0.201. The molecule has 0 aliphatic rings. The Kier molecular flexibility index (Phi) is 8.12. The molecule has 4 aromatic carbocycles. The van der Waals surface area contributed by atoms with Gasteiger partial charge in [-0.15, -0.1) is 0 Å². The summed E-state index contributed by atoms with van der Waals surface area (Å²) in [5.41, 5.74) is 2.25. The Morgan fingerprint density at radius 1 is 0.953 bits per heavy atom. The molecule has 0 saturated carbocycles. The van der Waals surface area contributed by atoms with Crippen LogP contribution in [0.5, 0.6) is 17.2 Å². The molecule has 6 rings (SSSR count). The summed E-state index contributed by atoms with van der Waals surface area (Å²) >= 11 is 15.7. The standard InChI is InChI=1S/C32H22BrCl2N3O5/c1-40-27-12-19(13-28(41-2)30(27)42-17-18-7-9-23(34)24(35)11-18)16-36-38-31(37-25-6-4-3-5-22(25)32(38)39)29-15-20-14-21(33)8-10-26(20)43-29/h3-16H,17H2,1-2H3. The predicted molar refractivity (Wildman–Crippen MR) is 172 cm³/mol. The first kappa shape index (κ1) is 28.8. The lowest BCUT2D eigenvalue weighted by Crippen LogP contribution is -2.20. The van der Waals surface area contributed by atoms with E-state index in [9.17, 15) is 4.79 Å². The van der Waals surface area contributed by atoms with Gasteiger partial charge < -0.3 is 18.6 Å². The fourth-order valence-electron chi connectivity index (χ4n) is 4.54. The minimum atomic E-state index is -0.348. The minimum Gasteiger partial charge on any atom is -0.493 e. The largest absolute Gasteiger partial charge is 0.493 e. The van der Waals surface area contributed by atoms with Gasteiger partial charge in [-0.1, -0.05) is 57.3 Å². The molecule has 6 aromatic rings. The van der Waals surface area contributed by atoms with Gasteiger partial charge in [0.15, 0.2) is 17.3 Å². The predicted octanol–water partition coefficient (Wildman–Crippen LogP) is 8.36. The summed E-state index contributed by atoms with van der Waals surface area (Å²) in [6.45, 7) is 0.201. The van der Waals surface area contributed by atoms with Gasteiger partial charge in [-0.25, -0.2) is 4.98 Å². The number of furan rings is 1. The maximum absolute atomic E-state index is 13.7. The second kappa shape index (κ2) is 12.1. The number of rotatable bonds is 8. The molecule has 0 aliphatic heterocycles. The van der Waals surface area contributed by atoms with E-state index in [1.165, 1.54) is 25.1 Å². The molecule has 0 aliphatic carbocycles. The number of ether oxygens (including phenoxy) is 3. The van der Waals surface area contributed by atoms with Gasteiger partial charge in [-0.05, 0) is 66.2 Å². The van der Waals surface area contributed by atoms with Crippen molar-refractivity contribution in [3.05, 3.63) is 115 Å². The third-order valence-electron chi connectivity index (χ3n) is 6.62. The van der Waals surface area contributed by atoms with Gasteiger partial charge in [0.05, 0.1) is 41.4 Å². The quantitative estimate of drug-likeness (QED) is 0.150. The molecule has 2 aromatic heterocycles. The van der Waals surface area contributed by atoms with Gasteiger partial charge in [-0.2, -0.15) is 9.78 Å². The van der Waals surface area contributed by atoms with Gasteiger partial charge in [0.1, 0.15) is 12.2 Å². The summed E-state index contributed by atoms with van der Waals surface area (Å²) in [5.74, 6) is 1.87. The second-order valence-corrected chi connectivity index (χ2v) is 11.1. The number of halogens is 3. The molecule has 0 spiro atoms. The Labute approximate surface area is 264 Å². The zero-order valence-corrected chi connectivity index (χ0v) is 25.9. The molecular weight excluding hydrogens is 657 g/mol. The number of fused-ring (bicyclic) bond motifs is 2. The van der Waals surface area contributed by atoms with E-state index in [0.717, 1.165) is 15.4 Å². The molecule has 216 valence electrons. The zero-order chi connectivity index (χ0) is 30.1. The van der Waals surface area contributed by atoms with Crippen molar-refractivity contribution < 1.29 is 18.6 Å². The number of aromatic nitrogens is 2. The van der Waals surface area contributed by atoms with Crippen molar-refractivity contribution in [2.24, 2.45) is 5.10 Å². The third kappa shape index (κ3) is 5.84. The van der Waals surface area contributed by atoms with Crippen LogP contribution in [0.15, 0.2) is 97.6 Å². The van der Waals surface area contributed by atoms with Crippen molar-refractivity contribution in [2.75, 3.05) is 14.2 Å². The average Bonchev–Trinajstić information content (AvgIpc) is 3.44. The van der Waals surface area contributed by atoms with Crippen LogP contribution in [0.1, 0.15) is 11.1 Å². The molecule has 0 saturated heterocycles. The van der Waals surface area contributed by atoms with Crippen LogP contribution in [0.2, 0.25) is 10.0 Å². The molecular formula is C32H22BrCl2N3O5. The van der Waals surface area contributed by atoms with Crippen molar-refractivity contribution in [1.82, 2.24) is 9.66 Å². The van der Waals surface area contributed by atoms with E-state index in [2.05, 4.69) is 21.0 Å². The summed E-state index contributed by atoms with van der Waals surface area (Å²) in [7, 11) is 3.05. The van der Waals surface area contributed by atoms with Crippen LogP contribution in [-0.4, -0.2) is 30.1 Å². The van der Waals surface area contributed by atoms with E-state index >= 15 is 0 Å². The molecule has 0 fully saturated rings. The first-order valence-electron chi connectivity index (χ1n) is 12.9. The SMILES string of the molecule is COc1cc(C=Nn2c(-c3cc4cc(Br)ccc4o3)nc3ccccc3c2=O)cc(OC)c1OCc1ccc(Cl)c(Cl)c1. The van der Waals surface area contributed by atoms with E-state index in [1.54, 1.807) is 42.5 Å². The van der Waals surface area contributed by atoms with Gasteiger partial charge in [0.2, 0.25) is 11.6 Å². The van der Waals surface area contributed by atoms with E-state index in [-0.39, 0.29) is 18.0 Å². The van der Waals surface area contributed by atoms with Crippen LogP contribution >= 0.6 is 39.1 Å². The third-order valence-corrected chi connectivity index (χ3v) is 7.86. The van der Waals surface area contributed by atoms with E-state index < -0.39 is 0 Å². The van der Waals surface area contributed by atoms with Gasteiger partial charge in [0.25, 0.3) is 5.56 Å². The molecule has 43 heavy (non-hydrogen) atoms. The van der Waals surface area contributed by atoms with Gasteiger partial charge in [0, 0.05) is 15.4 Å². The fraction of sp³-hybridized carbons (Fsp3) is 0.0938. The lowest BCUT2D eigenvalue weighted by atomic mass is 10.2. The van der Waals surface area contributed by atoms with E-state index in [1.807, 2.05) is 36.4 Å². The van der Waals surface area contributed by atoms with Crippen LogP contribution in [0.25, 0.3) is 33.5 Å². The summed E-state index contributed by atoms with van der Waals surface area (Å²) < 4.78 is 25.5. The van der Waals surface area contributed by atoms with Crippen LogP contribution in [0.3, 0.4) is 0 Å². The monoisotopic (exact) mass is 677 g/mol. The van der Waals surface area contributed by atoms with Crippen LogP contribution in [0.4, 0.5) is 0 Å². The summed E-state index contributed by atoms with van der Waals surface area (Å²) in [5, 5.41) is 6.72. The highest BCUT2D eigenvalue weighted by Crippen LogP contribution is 2.39. The van der Waals surface area contributed by atoms with Crippen LogP contribution in [0, 0.1) is 0 Å². The van der Waals surface area contributed by atoms with Gasteiger partial charge >= 0.3 is 0 Å². The molecule has 0 atom stereocenters. The lowest BCUT2D eigenvalue weighted by molar-refractivity contribution is 0.266. The number of benzene rings is 4. The number of hydrogen-bond acceptors (Lipinski definition) is 7. The molecule has 2 heterocycles. The molecule has 0 radical (unpaired) electrons. The first-order valence-corrected chi connectivity index (χ1v) is 14.5. The Morgan fingerprint density at radius 2 is 1.72 bits per heavy atom. The molecule has 11 heteroatoms. The summed E-state index contributed by atoms with van der Waals surface area (Å²) in [4.78, 5) is 18.4. The number of nitrogens with zero attached hydrogens (tertiary/aromatic N) is 3. The normalized spacial score (nSPS) is 11.5. The van der Waals surface area contributed by atoms with Crippen molar-refractivity contribution >= 4 is 67.2 Å². The van der Waals surface area contributed by atoms with E-state index in [0.29, 0.717) is 55.1 Å². The van der Waals surface area contributed by atoms with Crippen molar-refractivity contribution in [3.8, 4) is 28.8 Å². The molecule has 0 N–H and O–H groups in total. The first-order chi connectivity index (χ1) is 20.8. The Bertz CT molecular complexity index is 2070. The Balaban J connectivity index is 1.40. The fourth-order valence-corrected chi connectivity index (χ4v) is 5.24. The Hall–Kier alpha value is -4.31. The maximum Gasteiger partial charge on any atom is 0.282 e. The van der Waals surface area contributed by atoms with Crippen LogP contribution < -0.4 is 19.8 Å². The van der Waals surface area contributed by atoms with Crippen molar-refractivity contribution in [1.29, 1.82) is 0 Å². The Morgan fingerprint density at radius 3 is 2.47 bits per heavy atom. The highest BCUT2D eigenvalue weighted by Gasteiger charge is 2.18. The smallest absolute Gasteiger partial charge is 0.282 e. The second-order valence-electron chi connectivity index (χ2n) is 9.40.